The second kappa shape index (κ2) is 4.52. The molecule has 2 aliphatic rings. The van der Waals surface area contributed by atoms with Crippen LogP contribution in [-0.2, 0) is 0 Å². The summed E-state index contributed by atoms with van der Waals surface area (Å²) in [5, 5.41) is 10.7. The van der Waals surface area contributed by atoms with E-state index in [9.17, 15) is 9.50 Å². The van der Waals surface area contributed by atoms with Gasteiger partial charge in [0.2, 0.25) is 0 Å². The van der Waals surface area contributed by atoms with Gasteiger partial charge in [0.15, 0.2) is 0 Å². The zero-order valence-electron chi connectivity index (χ0n) is 11.3. The maximum Gasteiger partial charge on any atom is 0.123 e. The number of aliphatic hydroxyl groups is 1. The van der Waals surface area contributed by atoms with Gasteiger partial charge in [0, 0.05) is 11.6 Å². The predicted octanol–water partition coefficient (Wildman–Crippen LogP) is 3.64. The molecular weight excluding hydrogens is 253 g/mol. The third kappa shape index (κ3) is 1.92. The van der Waals surface area contributed by atoms with Crippen molar-refractivity contribution in [3.05, 3.63) is 41.8 Å². The standard InChI is InChI=1S/C17H18FNO/c18-13-1-2-17-16(9-13)15(3-4-19-17)12-5-10-7-14(20)8-11(10)6-12/h1-4,9-12,14,20H,5-8H2/t10-,11+,12-,14+. The van der Waals surface area contributed by atoms with Crippen LogP contribution >= 0.6 is 0 Å². The van der Waals surface area contributed by atoms with Crippen LogP contribution in [0, 0.1) is 17.7 Å². The number of hydrogen-bond acceptors (Lipinski definition) is 2. The van der Waals surface area contributed by atoms with Crippen LogP contribution in [0.5, 0.6) is 0 Å². The number of hydrogen-bond donors (Lipinski definition) is 1. The quantitative estimate of drug-likeness (QED) is 0.859. The first-order valence-electron chi connectivity index (χ1n) is 7.43. The molecule has 1 N–H and O–H groups in total. The molecule has 20 heavy (non-hydrogen) atoms. The first kappa shape index (κ1) is 12.3. The van der Waals surface area contributed by atoms with Crippen LogP contribution in [-0.4, -0.2) is 16.2 Å². The molecule has 104 valence electrons. The smallest absolute Gasteiger partial charge is 0.123 e. The van der Waals surface area contributed by atoms with E-state index in [-0.39, 0.29) is 11.9 Å². The molecule has 4 rings (SSSR count). The van der Waals surface area contributed by atoms with Crippen molar-refractivity contribution >= 4 is 10.9 Å². The molecule has 2 saturated carbocycles. The third-order valence-corrected chi connectivity index (χ3v) is 5.17. The Labute approximate surface area is 117 Å². The number of halogens is 1. The minimum Gasteiger partial charge on any atom is -0.393 e. The number of pyridine rings is 1. The predicted molar refractivity (Wildman–Crippen MR) is 75.9 cm³/mol. The summed E-state index contributed by atoms with van der Waals surface area (Å²) in [6, 6.07) is 6.89. The molecule has 2 aliphatic carbocycles. The Morgan fingerprint density at radius 1 is 1.05 bits per heavy atom. The van der Waals surface area contributed by atoms with E-state index in [0.717, 1.165) is 36.6 Å². The monoisotopic (exact) mass is 271 g/mol. The van der Waals surface area contributed by atoms with Crippen molar-refractivity contribution < 1.29 is 9.50 Å². The Kier molecular flexibility index (Phi) is 2.77. The molecule has 1 aromatic heterocycles. The zero-order chi connectivity index (χ0) is 13.7. The van der Waals surface area contributed by atoms with E-state index in [4.69, 9.17) is 0 Å². The van der Waals surface area contributed by atoms with Gasteiger partial charge in [-0.05, 0) is 73.3 Å². The average molecular weight is 271 g/mol. The molecule has 0 spiro atoms. The summed E-state index contributed by atoms with van der Waals surface area (Å²) in [5.41, 5.74) is 2.11. The largest absolute Gasteiger partial charge is 0.393 e. The van der Waals surface area contributed by atoms with Crippen LogP contribution in [0.2, 0.25) is 0 Å². The van der Waals surface area contributed by atoms with Gasteiger partial charge in [0.05, 0.1) is 11.6 Å². The number of rotatable bonds is 1. The molecule has 1 heterocycles. The lowest BCUT2D eigenvalue weighted by Crippen LogP contribution is -2.04. The molecule has 4 atom stereocenters. The maximum atomic E-state index is 13.5. The summed E-state index contributed by atoms with van der Waals surface area (Å²) in [5.74, 6) is 1.59. The van der Waals surface area contributed by atoms with Crippen LogP contribution in [0.1, 0.15) is 37.2 Å². The van der Waals surface area contributed by atoms with E-state index in [1.165, 1.54) is 11.6 Å². The van der Waals surface area contributed by atoms with Gasteiger partial charge < -0.3 is 5.11 Å². The lowest BCUT2D eigenvalue weighted by atomic mass is 9.92. The van der Waals surface area contributed by atoms with E-state index in [1.807, 2.05) is 12.3 Å². The topological polar surface area (TPSA) is 33.1 Å². The van der Waals surface area contributed by atoms with E-state index >= 15 is 0 Å². The van der Waals surface area contributed by atoms with Crippen molar-refractivity contribution in [2.24, 2.45) is 11.8 Å². The Hall–Kier alpha value is -1.48. The fourth-order valence-corrected chi connectivity index (χ4v) is 4.33. The molecule has 0 aliphatic heterocycles. The second-order valence-corrected chi connectivity index (χ2v) is 6.38. The molecule has 0 amide bonds. The fraction of sp³-hybridized carbons (Fsp3) is 0.471. The number of benzene rings is 1. The normalized spacial score (nSPS) is 32.7. The van der Waals surface area contributed by atoms with Crippen molar-refractivity contribution in [2.75, 3.05) is 0 Å². The highest BCUT2D eigenvalue weighted by molar-refractivity contribution is 5.82. The van der Waals surface area contributed by atoms with Gasteiger partial charge in [0.1, 0.15) is 5.82 Å². The van der Waals surface area contributed by atoms with Gasteiger partial charge in [-0.1, -0.05) is 0 Å². The molecule has 0 bridgehead atoms. The van der Waals surface area contributed by atoms with Crippen molar-refractivity contribution in [1.82, 2.24) is 4.98 Å². The SMILES string of the molecule is O[C@@H]1C[C@@H]2C[C@H](c3ccnc4ccc(F)cc34)C[C@@H]2C1. The molecule has 1 aromatic carbocycles. The Morgan fingerprint density at radius 3 is 2.55 bits per heavy atom. The maximum absolute atomic E-state index is 13.5. The van der Waals surface area contributed by atoms with E-state index in [1.54, 1.807) is 12.1 Å². The van der Waals surface area contributed by atoms with Gasteiger partial charge in [-0.2, -0.15) is 0 Å². The molecule has 3 heteroatoms. The van der Waals surface area contributed by atoms with Gasteiger partial charge in [-0.15, -0.1) is 0 Å². The molecule has 0 unspecified atom stereocenters. The molecule has 2 nitrogen and oxygen atoms in total. The lowest BCUT2D eigenvalue weighted by Gasteiger charge is -2.15. The lowest BCUT2D eigenvalue weighted by molar-refractivity contribution is 0.171. The molecular formula is C17H18FNO. The summed E-state index contributed by atoms with van der Waals surface area (Å²) >= 11 is 0. The number of fused-ring (bicyclic) bond motifs is 2. The minimum absolute atomic E-state index is 0.0995. The molecule has 0 saturated heterocycles. The van der Waals surface area contributed by atoms with Crippen molar-refractivity contribution in [1.29, 1.82) is 0 Å². The van der Waals surface area contributed by atoms with E-state index in [2.05, 4.69) is 4.98 Å². The van der Waals surface area contributed by atoms with Crippen molar-refractivity contribution in [2.45, 2.75) is 37.7 Å². The Balaban J connectivity index is 1.71. The number of nitrogens with zero attached hydrogens (tertiary/aromatic N) is 1. The summed E-state index contributed by atoms with van der Waals surface area (Å²) in [7, 11) is 0. The highest BCUT2D eigenvalue weighted by Gasteiger charge is 2.41. The van der Waals surface area contributed by atoms with Gasteiger partial charge in [0.25, 0.3) is 0 Å². The second-order valence-electron chi connectivity index (χ2n) is 6.38. The summed E-state index contributed by atoms with van der Waals surface area (Å²) in [4.78, 5) is 4.33. The average Bonchev–Trinajstić information content (AvgIpc) is 2.95. The van der Waals surface area contributed by atoms with E-state index < -0.39 is 0 Å². The molecule has 2 fully saturated rings. The van der Waals surface area contributed by atoms with Crippen LogP contribution in [0.3, 0.4) is 0 Å². The van der Waals surface area contributed by atoms with E-state index in [0.29, 0.717) is 17.8 Å². The summed E-state index contributed by atoms with van der Waals surface area (Å²) < 4.78 is 13.5. The first-order chi connectivity index (χ1) is 9.70. The Morgan fingerprint density at radius 2 is 1.80 bits per heavy atom. The van der Waals surface area contributed by atoms with Crippen LogP contribution in [0.25, 0.3) is 10.9 Å². The highest BCUT2D eigenvalue weighted by atomic mass is 19.1. The Bertz CT molecular complexity index is 642. The van der Waals surface area contributed by atoms with Gasteiger partial charge in [-0.3, -0.25) is 4.98 Å². The molecule has 2 aromatic rings. The minimum atomic E-state index is -0.194. The first-order valence-corrected chi connectivity index (χ1v) is 7.43. The zero-order valence-corrected chi connectivity index (χ0v) is 11.3. The summed E-state index contributed by atoms with van der Waals surface area (Å²) in [6.45, 7) is 0. The van der Waals surface area contributed by atoms with Gasteiger partial charge in [-0.25, -0.2) is 4.39 Å². The number of aliphatic hydroxyl groups excluding tert-OH is 1. The van der Waals surface area contributed by atoms with Crippen LogP contribution < -0.4 is 0 Å². The number of aromatic nitrogens is 1. The summed E-state index contributed by atoms with van der Waals surface area (Å²) in [6.07, 6.45) is 5.86. The fourth-order valence-electron chi connectivity index (χ4n) is 4.33. The highest BCUT2D eigenvalue weighted by Crippen LogP contribution is 2.51. The van der Waals surface area contributed by atoms with Crippen LogP contribution in [0.4, 0.5) is 4.39 Å². The molecule has 0 radical (unpaired) electrons. The van der Waals surface area contributed by atoms with Crippen molar-refractivity contribution in [3.63, 3.8) is 0 Å². The van der Waals surface area contributed by atoms with Crippen molar-refractivity contribution in [3.8, 4) is 0 Å². The van der Waals surface area contributed by atoms with Gasteiger partial charge >= 0.3 is 0 Å². The third-order valence-electron chi connectivity index (χ3n) is 5.17. The van der Waals surface area contributed by atoms with Crippen LogP contribution in [0.15, 0.2) is 30.5 Å².